The van der Waals surface area contributed by atoms with Gasteiger partial charge in [0.2, 0.25) is 11.5 Å². The molecule has 0 saturated carbocycles. The van der Waals surface area contributed by atoms with Crippen LogP contribution in [0.3, 0.4) is 0 Å². The molecule has 1 aliphatic heterocycles. The number of pyridine rings is 1. The molecule has 0 bridgehead atoms. The maximum atomic E-state index is 14.8. The number of alkyl halides is 4. The predicted octanol–water partition coefficient (Wildman–Crippen LogP) is 0.165. The fourth-order valence-electron chi connectivity index (χ4n) is 4.56. The number of aryl methyl sites for hydroxylation is 1. The van der Waals surface area contributed by atoms with Gasteiger partial charge in [0.05, 0.1) is 25.4 Å². The Kier molecular flexibility index (Phi) is 6.91. The minimum atomic E-state index is -5.28. The largest absolute Gasteiger partial charge is 0.480 e. The molecule has 4 aromatic rings. The highest BCUT2D eigenvalue weighted by Gasteiger charge is 2.58. The fraction of sp³-hybridized carbons (Fsp3) is 0.391. The van der Waals surface area contributed by atoms with Gasteiger partial charge in [-0.2, -0.15) is 18.3 Å². The number of methoxy groups -OCH3 is 1. The van der Waals surface area contributed by atoms with Crippen molar-refractivity contribution in [1.82, 2.24) is 50.0 Å². The van der Waals surface area contributed by atoms with Crippen molar-refractivity contribution in [3.63, 3.8) is 0 Å². The first-order valence-electron chi connectivity index (χ1n) is 12.2. The van der Waals surface area contributed by atoms with E-state index in [-0.39, 0.29) is 24.2 Å². The Morgan fingerprint density at radius 1 is 1.21 bits per heavy atom. The molecule has 222 valence electrons. The summed E-state index contributed by atoms with van der Waals surface area (Å²) in [4.78, 5) is 34.4. The van der Waals surface area contributed by atoms with E-state index in [0.29, 0.717) is 33.1 Å². The molecule has 3 atom stereocenters. The first kappa shape index (κ1) is 28.6. The van der Waals surface area contributed by atoms with E-state index >= 15 is 0 Å². The van der Waals surface area contributed by atoms with E-state index in [4.69, 9.17) is 10.5 Å². The number of anilines is 1. The molecule has 0 aromatic carbocycles. The van der Waals surface area contributed by atoms with Crippen molar-refractivity contribution in [2.24, 2.45) is 7.05 Å². The number of nitrogens with one attached hydrogen (secondary N) is 1. The zero-order valence-corrected chi connectivity index (χ0v) is 22.2. The lowest BCUT2D eigenvalue weighted by atomic mass is 10.1. The number of tetrazole rings is 1. The number of aromatic nitrogens is 8. The number of rotatable bonds is 6. The average molecular weight is 594 g/mol. The number of ether oxygens (including phenoxy) is 1. The van der Waals surface area contributed by atoms with Crippen molar-refractivity contribution >= 4 is 23.1 Å². The first-order valence-corrected chi connectivity index (χ1v) is 12.2. The lowest BCUT2D eigenvalue weighted by molar-refractivity contribution is -0.249. The van der Waals surface area contributed by atoms with Crippen LogP contribution >= 0.6 is 0 Å². The number of nitrogens with zero attached hydrogens (tertiary/aromatic N) is 9. The monoisotopic (exact) mass is 593 g/mol. The minimum Gasteiger partial charge on any atom is -0.480 e. The number of nitrogen functional groups attached to an aromatic ring is 1. The number of likely N-dealkylation sites (tertiary alicyclic amines) is 1. The molecule has 0 spiro atoms. The van der Waals surface area contributed by atoms with Crippen LogP contribution in [0.25, 0.3) is 28.2 Å². The fourth-order valence-corrected chi connectivity index (χ4v) is 4.56. The first-order chi connectivity index (χ1) is 19.7. The van der Waals surface area contributed by atoms with E-state index in [1.54, 1.807) is 13.1 Å². The highest BCUT2D eigenvalue weighted by Crippen LogP contribution is 2.36. The van der Waals surface area contributed by atoms with E-state index in [1.807, 2.05) is 0 Å². The maximum absolute atomic E-state index is 14.8. The third-order valence-electron chi connectivity index (χ3n) is 6.85. The van der Waals surface area contributed by atoms with Gasteiger partial charge >= 0.3 is 6.18 Å². The minimum absolute atomic E-state index is 0.144. The van der Waals surface area contributed by atoms with E-state index < -0.39 is 48.9 Å². The zero-order valence-electron chi connectivity index (χ0n) is 22.2. The van der Waals surface area contributed by atoms with Crippen LogP contribution in [0.15, 0.2) is 24.7 Å². The Morgan fingerprint density at radius 3 is 2.60 bits per heavy atom. The van der Waals surface area contributed by atoms with Crippen molar-refractivity contribution in [3.8, 4) is 28.5 Å². The van der Waals surface area contributed by atoms with Gasteiger partial charge in [-0.25, -0.2) is 23.6 Å². The summed E-state index contributed by atoms with van der Waals surface area (Å²) in [5, 5.41) is 27.9. The average Bonchev–Trinajstić information content (AvgIpc) is 3.64. The van der Waals surface area contributed by atoms with Gasteiger partial charge in [0.15, 0.2) is 11.6 Å². The van der Waals surface area contributed by atoms with Crippen LogP contribution in [-0.4, -0.2) is 106 Å². The molecular formula is C23H23F4N11O4. The third kappa shape index (κ3) is 4.70. The molecule has 0 unspecified atom stereocenters. The highest BCUT2D eigenvalue weighted by atomic mass is 19.4. The summed E-state index contributed by atoms with van der Waals surface area (Å²) in [7, 11) is 2.86. The van der Waals surface area contributed by atoms with E-state index in [0.717, 1.165) is 0 Å². The maximum Gasteiger partial charge on any atom is 0.426 e. The summed E-state index contributed by atoms with van der Waals surface area (Å²) in [5.74, 6) is -2.30. The molecule has 5 rings (SSSR count). The number of aliphatic hydroxyl groups is 1. The number of fused-ring (bicyclic) bond motifs is 1. The molecular weight excluding hydrogens is 570 g/mol. The smallest absolute Gasteiger partial charge is 0.426 e. The summed E-state index contributed by atoms with van der Waals surface area (Å²) < 4.78 is 62.4. The van der Waals surface area contributed by atoms with Crippen LogP contribution in [-0.2, 0) is 11.8 Å². The predicted molar refractivity (Wildman–Crippen MR) is 134 cm³/mol. The Balaban J connectivity index is 1.49. The summed E-state index contributed by atoms with van der Waals surface area (Å²) in [6, 6.07) is 1.64. The number of nitrogens with two attached hydrogens (primary N) is 1. The Hall–Kier alpha value is -4.94. The lowest BCUT2D eigenvalue weighted by Crippen LogP contribution is -2.56. The summed E-state index contributed by atoms with van der Waals surface area (Å²) in [6.45, 7) is -1.10. The molecule has 4 N–H and O–H groups in total. The second kappa shape index (κ2) is 10.2. The van der Waals surface area contributed by atoms with Gasteiger partial charge < -0.3 is 25.8 Å². The van der Waals surface area contributed by atoms with Gasteiger partial charge in [-0.1, -0.05) is 0 Å². The molecule has 0 aliphatic carbocycles. The SMILES string of the molecule is COc1ncc(-c2c(-c3nnnn3C)cc3c(N)ncnn23)cc1C(=O)N[C@@H]1CN(C(=O)[C@@](C)(O)C(F)(F)F)C[C@@H]1F. The number of carbonyl (C=O) groups is 2. The summed E-state index contributed by atoms with van der Waals surface area (Å²) in [6.07, 6.45) is -4.60. The molecule has 1 saturated heterocycles. The van der Waals surface area contributed by atoms with Crippen molar-refractivity contribution in [3.05, 3.63) is 30.2 Å². The second-order valence-electron chi connectivity index (χ2n) is 9.63. The van der Waals surface area contributed by atoms with Gasteiger partial charge in [0.25, 0.3) is 11.8 Å². The van der Waals surface area contributed by atoms with Crippen molar-refractivity contribution in [2.45, 2.75) is 30.9 Å². The van der Waals surface area contributed by atoms with E-state index in [2.05, 4.69) is 35.9 Å². The second-order valence-corrected chi connectivity index (χ2v) is 9.63. The van der Waals surface area contributed by atoms with Crippen molar-refractivity contribution in [1.29, 1.82) is 0 Å². The Labute approximate surface area is 233 Å². The van der Waals surface area contributed by atoms with E-state index in [9.17, 15) is 32.3 Å². The van der Waals surface area contributed by atoms with Crippen molar-refractivity contribution < 1.29 is 37.0 Å². The topological polar surface area (TPSA) is 192 Å². The number of halogens is 4. The van der Waals surface area contributed by atoms with Crippen LogP contribution in [0.5, 0.6) is 5.88 Å². The van der Waals surface area contributed by atoms with Crippen LogP contribution in [0.1, 0.15) is 17.3 Å². The Bertz CT molecular complexity index is 1690. The van der Waals surface area contributed by atoms with Crippen LogP contribution in [0, 0.1) is 0 Å². The summed E-state index contributed by atoms with van der Waals surface area (Å²) >= 11 is 0. The zero-order chi connectivity index (χ0) is 30.6. The van der Waals surface area contributed by atoms with Gasteiger partial charge in [0.1, 0.15) is 23.6 Å². The standard InChI is InChI=1S/C23H23F4N11O4/c1-22(41,23(25,26)27)21(40)37-7-13(24)14(8-37)32-19(39)12-4-10(6-29-20(12)42-3)16-11(18-33-34-35-36(18)2)5-15-17(28)30-9-31-38(15)16/h4-6,9,13-14,41H,7-8H2,1-3H3,(H,32,39)(H2,28,30,31)/t13-,14+,22+/m0/s1. The highest BCUT2D eigenvalue weighted by molar-refractivity contribution is 5.98. The number of amides is 2. The van der Waals surface area contributed by atoms with Crippen LogP contribution in [0.2, 0.25) is 0 Å². The van der Waals surface area contributed by atoms with Crippen LogP contribution in [0.4, 0.5) is 23.4 Å². The molecule has 2 amide bonds. The van der Waals surface area contributed by atoms with Crippen LogP contribution < -0.4 is 15.8 Å². The molecule has 5 heterocycles. The molecule has 1 aliphatic rings. The molecule has 0 radical (unpaired) electrons. The Morgan fingerprint density at radius 2 is 1.95 bits per heavy atom. The molecule has 15 nitrogen and oxygen atoms in total. The van der Waals surface area contributed by atoms with Crippen molar-refractivity contribution in [2.75, 3.05) is 25.9 Å². The number of carbonyl (C=O) groups excluding carboxylic acids is 2. The third-order valence-corrected chi connectivity index (χ3v) is 6.85. The molecule has 19 heteroatoms. The molecule has 4 aromatic heterocycles. The van der Waals surface area contributed by atoms with Gasteiger partial charge in [-0.15, -0.1) is 5.10 Å². The normalized spacial score (nSPS) is 18.7. The summed E-state index contributed by atoms with van der Waals surface area (Å²) in [5.41, 5.74) is 3.71. The van der Waals surface area contributed by atoms with Gasteiger partial charge in [0, 0.05) is 30.9 Å². The van der Waals surface area contributed by atoms with Gasteiger partial charge in [-0.05, 0) is 29.5 Å². The number of hydrogen-bond donors (Lipinski definition) is 3. The quantitative estimate of drug-likeness (QED) is 0.258. The lowest BCUT2D eigenvalue weighted by Gasteiger charge is -2.29. The van der Waals surface area contributed by atoms with E-state index in [1.165, 1.54) is 34.9 Å². The molecule has 1 fully saturated rings. The van der Waals surface area contributed by atoms with Gasteiger partial charge in [-0.3, -0.25) is 9.59 Å². The number of hydrogen-bond acceptors (Lipinski definition) is 11. The molecule has 42 heavy (non-hydrogen) atoms.